The van der Waals surface area contributed by atoms with Crippen LogP contribution in [0.3, 0.4) is 0 Å². The van der Waals surface area contributed by atoms with Gasteiger partial charge in [0, 0.05) is 45.0 Å². The minimum Gasteiger partial charge on any atom is -0.481 e. The Bertz CT molecular complexity index is 4540. The SMILES string of the molecule is CC(C)C[C@H](NC(=O)[C@H](CCC(N)=O)NC(=O)[C@@H]1CCCN1C(=O)[C@@H](NC(=O)[C@@H](N)CCCCN)C(C)C)C(=O)N[C@@H](CCCCN)C(=O)N[C@H](C(=O)N[C@@H](C)C(=O)N[C@@H](CCC(=O)O)C(=O)N[C@@H](CO)C(=O)N[C@@H](C)C(=O)N[C@@H](CCC(N)=O)C(=O)N[C@@H](CO)C(=O)N1CCC[C@H]1C(=O)N[C@@H](C)C(=O)N[C@@H](C)C(=O)N[C@@H](C)C(=O)N[C@@H](Cc1c[nH]cn1)C(=O)N[C@H](C(=O)N[C@H](C(=O)O)[C@@H](C)O)[C@@H](C)O)C(C)C. The van der Waals surface area contributed by atoms with Gasteiger partial charge in [0.25, 0.3) is 0 Å². The van der Waals surface area contributed by atoms with Gasteiger partial charge in [0.05, 0.1) is 43.5 Å². The maximum Gasteiger partial charge on any atom is 0.328 e. The van der Waals surface area contributed by atoms with Crippen LogP contribution in [0.2, 0.25) is 0 Å². The maximum atomic E-state index is 14.5. The number of nitrogens with two attached hydrogens (primary N) is 5. The van der Waals surface area contributed by atoms with Crippen molar-refractivity contribution in [1.29, 1.82) is 0 Å². The van der Waals surface area contributed by atoms with Gasteiger partial charge in [-0.15, -0.1) is 0 Å². The monoisotopic (exact) mass is 2030 g/mol. The standard InChI is InChI=1S/C88H148N26O29/c1-40(2)34-56(106-75(129)54(25-28-63(93)120)104-83(137)61-23-19-33-114(61)87(141)66(42(5)6)110-74(128)51(91)20-14-16-30-89)79(133)103-52(21-15-17-31-90)78(132)109-65(41(3)4)84(138)100-47(11)72(126)102-55(26-29-64(121)122)76(130)107-58(37-115)81(135)98-46(10)71(125)101-53(24-27-62(92)119)77(131)108-59(38-116)86(140)113-32-18-22-60(113)82(136)99-44(8)70(124)96-43(7)69(123)97-45(9)73(127)105-57(35-50-36-94-39-95-50)80(134)111-67(48(12)117)85(139)112-68(49(13)118)88(142)143/h36,39-49,51-61,65-68,115-118H,14-35,37-38,89-91H2,1-13H3,(H2,92,119)(H2,93,120)(H,94,95)(H,96,124)(H,97,123)(H,98,135)(H,99,136)(H,100,138)(H,101,125)(H,102,126)(H,103,133)(H,104,137)(H,105,127)(H,106,129)(H,107,130)(H,108,131)(H,109,132)(H,110,128)(H,111,134)(H,112,139)(H,121,122)(H,142,143)/t43-,44-,45-,46-,47-,48+,49+,51-,52-,53-,54-,55-,56-,57-,58-,59-,60-,61-,65-,66-,67-,68-/m0/s1. The third-order valence-corrected chi connectivity index (χ3v) is 23.4. The lowest BCUT2D eigenvalue weighted by Crippen LogP contribution is -2.61. The highest BCUT2D eigenvalue weighted by Crippen LogP contribution is 2.24. The molecule has 0 unspecified atom stereocenters. The summed E-state index contributed by atoms with van der Waals surface area (Å²) in [7, 11) is 0. The summed E-state index contributed by atoms with van der Waals surface area (Å²) in [5.74, 6) is -25.5. The molecule has 2 saturated heterocycles. The van der Waals surface area contributed by atoms with Gasteiger partial charge in [-0.25, -0.2) is 9.78 Å². The largest absolute Gasteiger partial charge is 0.481 e. The van der Waals surface area contributed by atoms with Gasteiger partial charge < -0.3 is 164 Å². The summed E-state index contributed by atoms with van der Waals surface area (Å²) in [6.45, 7) is 16.1. The molecule has 143 heavy (non-hydrogen) atoms. The normalized spacial score (nSPS) is 17.6. The number of aromatic nitrogens is 2. The molecule has 0 saturated carbocycles. The van der Waals surface area contributed by atoms with Crippen LogP contribution in [0.1, 0.15) is 205 Å². The molecule has 0 aliphatic carbocycles. The number of carbonyl (C=O) groups is 23. The van der Waals surface area contributed by atoms with Gasteiger partial charge in [-0.05, 0) is 163 Å². The van der Waals surface area contributed by atoms with Crippen molar-refractivity contribution in [2.75, 3.05) is 39.4 Å². The van der Waals surface area contributed by atoms with Crippen molar-refractivity contribution in [3.63, 3.8) is 0 Å². The van der Waals surface area contributed by atoms with Gasteiger partial charge in [-0.2, -0.15) is 0 Å². The van der Waals surface area contributed by atoms with Crippen molar-refractivity contribution < 1.29 is 141 Å². The lowest BCUT2D eigenvalue weighted by Gasteiger charge is -2.32. The van der Waals surface area contributed by atoms with E-state index in [9.17, 15) is 141 Å². The minimum absolute atomic E-state index is 0.0255. The van der Waals surface area contributed by atoms with E-state index >= 15 is 0 Å². The fourth-order valence-corrected chi connectivity index (χ4v) is 15.0. The molecule has 0 radical (unpaired) electrons. The average Bonchev–Trinajstić information content (AvgIpc) is 1.70. The number of imidazole rings is 1. The van der Waals surface area contributed by atoms with Crippen LogP contribution in [-0.2, 0) is 117 Å². The first-order chi connectivity index (χ1) is 67.0. The van der Waals surface area contributed by atoms with Gasteiger partial charge in [0.1, 0.15) is 109 Å². The molecular formula is C88H148N26O29. The number of hydrogen-bond acceptors (Lipinski definition) is 31. The van der Waals surface area contributed by atoms with Crippen LogP contribution in [-0.4, -0.2) is 359 Å². The van der Waals surface area contributed by atoms with Crippen LogP contribution in [0.5, 0.6) is 0 Å². The minimum atomic E-state index is -1.99. The first-order valence-electron chi connectivity index (χ1n) is 47.5. The zero-order chi connectivity index (χ0) is 108. The van der Waals surface area contributed by atoms with Crippen molar-refractivity contribution in [3.8, 4) is 0 Å². The fraction of sp³-hybridized carbons (Fsp3) is 0.705. The van der Waals surface area contributed by atoms with Crippen molar-refractivity contribution in [2.45, 2.75) is 339 Å². The first-order valence-corrected chi connectivity index (χ1v) is 47.5. The van der Waals surface area contributed by atoms with E-state index in [-0.39, 0.29) is 82.6 Å². The number of unbranched alkanes of at least 4 members (excludes halogenated alkanes) is 2. The number of rotatable bonds is 64. The predicted molar refractivity (Wildman–Crippen MR) is 505 cm³/mol. The lowest BCUT2D eigenvalue weighted by molar-refractivity contribution is -0.146. The Morgan fingerprint density at radius 2 is 0.727 bits per heavy atom. The molecular weight excluding hydrogens is 1890 g/mol. The Morgan fingerprint density at radius 1 is 0.378 bits per heavy atom. The Morgan fingerprint density at radius 3 is 1.17 bits per heavy atom. The van der Waals surface area contributed by atoms with E-state index in [0.717, 1.165) is 32.6 Å². The lowest BCUT2D eigenvalue weighted by atomic mass is 9.99. The molecule has 55 heteroatoms. The van der Waals surface area contributed by atoms with Crippen LogP contribution in [0, 0.1) is 17.8 Å². The van der Waals surface area contributed by atoms with Crippen LogP contribution >= 0.6 is 0 Å². The number of H-pyrrole nitrogens is 1. The number of likely N-dealkylation sites (tertiary alicyclic amines) is 2. The van der Waals surface area contributed by atoms with E-state index < -0.39 is 326 Å². The van der Waals surface area contributed by atoms with E-state index in [2.05, 4.69) is 95.0 Å². The average molecular weight is 2030 g/mol. The molecule has 1 aromatic heterocycles. The molecule has 2 aliphatic heterocycles. The highest BCUT2D eigenvalue weighted by atomic mass is 16.4. The zero-order valence-corrected chi connectivity index (χ0v) is 82.9. The van der Waals surface area contributed by atoms with E-state index in [1.54, 1.807) is 27.7 Å². The molecule has 2 aliphatic rings. The molecule has 0 spiro atoms. The summed E-state index contributed by atoms with van der Waals surface area (Å²) >= 11 is 0. The van der Waals surface area contributed by atoms with E-state index in [0.29, 0.717) is 38.6 Å². The number of nitrogens with zero attached hydrogens (tertiary/aromatic N) is 3. The van der Waals surface area contributed by atoms with E-state index in [4.69, 9.17) is 28.7 Å². The molecule has 3 heterocycles. The number of aromatic amines is 1. The molecule has 0 aromatic carbocycles. The number of primary amides is 2. The molecule has 3 rings (SSSR count). The zero-order valence-electron chi connectivity index (χ0n) is 82.9. The van der Waals surface area contributed by atoms with Crippen LogP contribution < -0.4 is 119 Å². The van der Waals surface area contributed by atoms with Crippen molar-refractivity contribution in [1.82, 2.24) is 110 Å². The molecule has 0 bridgehead atoms. The van der Waals surface area contributed by atoms with Crippen LogP contribution in [0.4, 0.5) is 0 Å². The van der Waals surface area contributed by atoms with E-state index in [1.165, 1.54) is 52.0 Å². The number of amides is 21. The highest BCUT2D eigenvalue weighted by Gasteiger charge is 2.45. The summed E-state index contributed by atoms with van der Waals surface area (Å²) in [6, 6.07) is -30.7. The summed E-state index contributed by atoms with van der Waals surface area (Å²) in [6.07, 6.45) is -1.81. The molecule has 21 amide bonds. The summed E-state index contributed by atoms with van der Waals surface area (Å²) in [4.78, 5) is 321. The number of carboxylic acid groups (broad SMARTS) is 2. The second-order valence-corrected chi connectivity index (χ2v) is 36.6. The van der Waals surface area contributed by atoms with Crippen LogP contribution in [0.25, 0.3) is 0 Å². The number of aliphatic carboxylic acids is 2. The number of aliphatic hydroxyl groups is 4. The number of aliphatic hydroxyl groups excluding tert-OH is 4. The molecule has 55 nitrogen and oxygen atoms in total. The van der Waals surface area contributed by atoms with Gasteiger partial charge in [0.15, 0.2) is 6.04 Å². The fourth-order valence-electron chi connectivity index (χ4n) is 15.0. The summed E-state index contributed by atoms with van der Waals surface area (Å²) in [5.41, 5.74) is 28.6. The topological polar surface area (TPSA) is 884 Å². The quantitative estimate of drug-likeness (QED) is 0.0269. The van der Waals surface area contributed by atoms with Gasteiger partial charge in [-0.1, -0.05) is 48.0 Å². The second kappa shape index (κ2) is 61.6. The molecule has 22 atom stereocenters. The van der Waals surface area contributed by atoms with Gasteiger partial charge in [0.2, 0.25) is 124 Å². The summed E-state index contributed by atoms with van der Waals surface area (Å²) < 4.78 is 0. The third kappa shape index (κ3) is 41.7. The van der Waals surface area contributed by atoms with Crippen molar-refractivity contribution in [3.05, 3.63) is 18.2 Å². The van der Waals surface area contributed by atoms with Crippen LogP contribution in [0.15, 0.2) is 12.5 Å². The Hall–Kier alpha value is -13.3. The van der Waals surface area contributed by atoms with Crippen molar-refractivity contribution >= 4 is 136 Å². The molecule has 2 fully saturated rings. The highest BCUT2D eigenvalue weighted by molar-refractivity contribution is 6.03. The maximum absolute atomic E-state index is 14.5. The Balaban J connectivity index is 1.72. The smallest absolute Gasteiger partial charge is 0.328 e. The van der Waals surface area contributed by atoms with Gasteiger partial charge in [-0.3, -0.25) is 105 Å². The number of nitrogens with one attached hydrogen (secondary N) is 18. The molecule has 804 valence electrons. The number of carbonyl (C=O) groups excluding carboxylic acids is 21. The second-order valence-electron chi connectivity index (χ2n) is 36.6. The first kappa shape index (κ1) is 124. The van der Waals surface area contributed by atoms with Crippen molar-refractivity contribution in [2.24, 2.45) is 46.4 Å². The molecule has 1 aromatic rings. The predicted octanol–water partition coefficient (Wildman–Crippen LogP) is -11.6. The summed E-state index contributed by atoms with van der Waals surface area (Å²) in [5, 5.41) is 101. The third-order valence-electron chi connectivity index (χ3n) is 23.4. The number of carboxylic acids is 2. The Labute approximate surface area is 826 Å². The number of hydrogen-bond donors (Lipinski definition) is 29. The molecule has 34 N–H and O–H groups in total. The van der Waals surface area contributed by atoms with Gasteiger partial charge >= 0.3 is 11.9 Å². The Kier molecular flexibility index (Phi) is 53.3. The van der Waals surface area contributed by atoms with E-state index in [1.807, 2.05) is 5.32 Å².